The molecule has 1 rings (SSSR count). The third-order valence-electron chi connectivity index (χ3n) is 2.62. The van der Waals surface area contributed by atoms with E-state index in [9.17, 15) is 9.18 Å². The maximum atomic E-state index is 13.7. The van der Waals surface area contributed by atoms with Gasteiger partial charge in [0, 0.05) is 23.7 Å². The van der Waals surface area contributed by atoms with Crippen LogP contribution in [0.2, 0.25) is 0 Å². The largest absolute Gasteiger partial charge is 0.396 e. The fourth-order valence-corrected chi connectivity index (χ4v) is 2.19. The van der Waals surface area contributed by atoms with Crippen molar-refractivity contribution in [3.05, 3.63) is 34.1 Å². The first-order valence-electron chi connectivity index (χ1n) is 5.85. The van der Waals surface area contributed by atoms with Crippen molar-refractivity contribution in [1.82, 2.24) is 4.90 Å². The maximum absolute atomic E-state index is 13.7. The molecule has 0 spiro atoms. The summed E-state index contributed by atoms with van der Waals surface area (Å²) in [4.78, 5) is 13.9. The molecule has 0 bridgehead atoms. The van der Waals surface area contributed by atoms with Crippen LogP contribution in [0, 0.1) is 5.82 Å². The molecule has 0 fully saturated rings. The SMILES string of the molecule is CC(C)N(CCCO)C(=O)c1c(F)cccc1Br. The normalized spacial score (nSPS) is 10.8. The van der Waals surface area contributed by atoms with E-state index < -0.39 is 5.82 Å². The molecule has 1 aromatic carbocycles. The number of amides is 1. The van der Waals surface area contributed by atoms with E-state index in [0.29, 0.717) is 17.4 Å². The van der Waals surface area contributed by atoms with Gasteiger partial charge in [0.05, 0.1) is 5.56 Å². The number of halogens is 2. The molecule has 0 aliphatic heterocycles. The summed E-state index contributed by atoms with van der Waals surface area (Å²) in [6, 6.07) is 4.41. The van der Waals surface area contributed by atoms with Crippen LogP contribution < -0.4 is 0 Å². The zero-order valence-corrected chi connectivity index (χ0v) is 12.1. The highest BCUT2D eigenvalue weighted by atomic mass is 79.9. The molecule has 0 aliphatic carbocycles. The molecule has 1 amide bonds. The summed E-state index contributed by atoms with van der Waals surface area (Å²) in [5, 5.41) is 8.84. The quantitative estimate of drug-likeness (QED) is 0.907. The van der Waals surface area contributed by atoms with Crippen LogP contribution in [-0.2, 0) is 0 Å². The molecular formula is C13H17BrFNO2. The summed E-state index contributed by atoms with van der Waals surface area (Å²) < 4.78 is 14.2. The van der Waals surface area contributed by atoms with E-state index in [1.54, 1.807) is 17.0 Å². The van der Waals surface area contributed by atoms with Gasteiger partial charge >= 0.3 is 0 Å². The van der Waals surface area contributed by atoms with Gasteiger partial charge in [0.25, 0.3) is 5.91 Å². The molecule has 1 aromatic rings. The number of hydrogen-bond acceptors (Lipinski definition) is 2. The van der Waals surface area contributed by atoms with Crippen molar-refractivity contribution in [3.8, 4) is 0 Å². The molecule has 0 atom stereocenters. The molecular weight excluding hydrogens is 301 g/mol. The lowest BCUT2D eigenvalue weighted by molar-refractivity contribution is 0.0687. The van der Waals surface area contributed by atoms with Gasteiger partial charge in [-0.1, -0.05) is 6.07 Å². The predicted molar refractivity (Wildman–Crippen MR) is 72.0 cm³/mol. The Hall–Kier alpha value is -0.940. The zero-order valence-electron chi connectivity index (χ0n) is 10.5. The number of carbonyl (C=O) groups is 1. The highest BCUT2D eigenvalue weighted by Gasteiger charge is 2.23. The number of hydrogen-bond donors (Lipinski definition) is 1. The lowest BCUT2D eigenvalue weighted by atomic mass is 10.1. The molecule has 5 heteroatoms. The van der Waals surface area contributed by atoms with Gasteiger partial charge in [0.15, 0.2) is 0 Å². The van der Waals surface area contributed by atoms with Crippen molar-refractivity contribution >= 4 is 21.8 Å². The first-order chi connectivity index (χ1) is 8.49. The third kappa shape index (κ3) is 3.53. The Balaban J connectivity index is 3.02. The zero-order chi connectivity index (χ0) is 13.7. The van der Waals surface area contributed by atoms with Crippen molar-refractivity contribution in [2.75, 3.05) is 13.2 Å². The highest BCUT2D eigenvalue weighted by molar-refractivity contribution is 9.10. The van der Waals surface area contributed by atoms with E-state index in [2.05, 4.69) is 15.9 Å². The van der Waals surface area contributed by atoms with E-state index in [4.69, 9.17) is 5.11 Å². The standard InChI is InChI=1S/C13H17BrFNO2/c1-9(2)16(7-4-8-17)13(18)12-10(14)5-3-6-11(12)15/h3,5-6,9,17H,4,7-8H2,1-2H3. The Morgan fingerprint density at radius 3 is 2.67 bits per heavy atom. The Labute approximate surface area is 115 Å². The summed E-state index contributed by atoms with van der Waals surface area (Å²) in [5.41, 5.74) is 0.0455. The Morgan fingerprint density at radius 1 is 1.50 bits per heavy atom. The van der Waals surface area contributed by atoms with Crippen molar-refractivity contribution in [3.63, 3.8) is 0 Å². The number of rotatable bonds is 5. The average Bonchev–Trinajstić information content (AvgIpc) is 2.28. The van der Waals surface area contributed by atoms with Gasteiger partial charge < -0.3 is 10.0 Å². The van der Waals surface area contributed by atoms with Gasteiger partial charge in [0.2, 0.25) is 0 Å². The minimum absolute atomic E-state index is 0.00887. The van der Waals surface area contributed by atoms with Crippen LogP contribution in [0.3, 0.4) is 0 Å². The number of nitrogens with zero attached hydrogens (tertiary/aromatic N) is 1. The van der Waals surface area contributed by atoms with Crippen LogP contribution in [-0.4, -0.2) is 35.1 Å². The Bertz CT molecular complexity index is 403. The van der Waals surface area contributed by atoms with E-state index >= 15 is 0 Å². The van der Waals surface area contributed by atoms with E-state index in [-0.39, 0.29) is 24.1 Å². The lowest BCUT2D eigenvalue weighted by Crippen LogP contribution is -2.38. The van der Waals surface area contributed by atoms with Crippen LogP contribution in [0.25, 0.3) is 0 Å². The molecule has 100 valence electrons. The van der Waals surface area contributed by atoms with Gasteiger partial charge in [-0.2, -0.15) is 0 Å². The van der Waals surface area contributed by atoms with Crippen molar-refractivity contribution < 1.29 is 14.3 Å². The molecule has 0 aliphatic rings. The highest BCUT2D eigenvalue weighted by Crippen LogP contribution is 2.22. The molecule has 1 N–H and O–H groups in total. The second-order valence-electron chi connectivity index (χ2n) is 4.27. The number of carbonyl (C=O) groups excluding carboxylic acids is 1. The van der Waals surface area contributed by atoms with Crippen LogP contribution in [0.15, 0.2) is 22.7 Å². The molecule has 18 heavy (non-hydrogen) atoms. The third-order valence-corrected chi connectivity index (χ3v) is 3.28. The molecule has 0 unspecified atom stereocenters. The van der Waals surface area contributed by atoms with E-state index in [1.165, 1.54) is 6.07 Å². The fraction of sp³-hybridized carbons (Fsp3) is 0.462. The fourth-order valence-electron chi connectivity index (χ4n) is 1.68. The second kappa shape index (κ2) is 6.85. The van der Waals surface area contributed by atoms with Gasteiger partial charge in [-0.15, -0.1) is 0 Å². The van der Waals surface area contributed by atoms with Gasteiger partial charge in [-0.3, -0.25) is 4.79 Å². The van der Waals surface area contributed by atoms with Gasteiger partial charge in [-0.25, -0.2) is 4.39 Å². The molecule has 3 nitrogen and oxygen atoms in total. The van der Waals surface area contributed by atoms with Crippen LogP contribution >= 0.6 is 15.9 Å². The summed E-state index contributed by atoms with van der Waals surface area (Å²) in [5.74, 6) is -0.896. The number of aliphatic hydroxyl groups is 1. The van der Waals surface area contributed by atoms with Crippen molar-refractivity contribution in [1.29, 1.82) is 0 Å². The van der Waals surface area contributed by atoms with Crippen LogP contribution in [0.4, 0.5) is 4.39 Å². The Kier molecular flexibility index (Phi) is 5.75. The summed E-state index contributed by atoms with van der Waals surface area (Å²) >= 11 is 3.20. The van der Waals surface area contributed by atoms with Gasteiger partial charge in [-0.05, 0) is 48.3 Å². The van der Waals surface area contributed by atoms with Gasteiger partial charge in [0.1, 0.15) is 5.82 Å². The monoisotopic (exact) mass is 317 g/mol. The second-order valence-corrected chi connectivity index (χ2v) is 5.12. The minimum atomic E-state index is -0.538. The van der Waals surface area contributed by atoms with E-state index in [0.717, 1.165) is 0 Å². The smallest absolute Gasteiger partial charge is 0.258 e. The van der Waals surface area contributed by atoms with Crippen LogP contribution in [0.1, 0.15) is 30.6 Å². The minimum Gasteiger partial charge on any atom is -0.396 e. The molecule has 0 heterocycles. The average molecular weight is 318 g/mol. The van der Waals surface area contributed by atoms with Crippen molar-refractivity contribution in [2.24, 2.45) is 0 Å². The predicted octanol–water partition coefficient (Wildman–Crippen LogP) is 2.82. The summed E-state index contributed by atoms with van der Waals surface area (Å²) in [6.07, 6.45) is 0.482. The summed E-state index contributed by atoms with van der Waals surface area (Å²) in [7, 11) is 0. The molecule has 0 saturated carbocycles. The maximum Gasteiger partial charge on any atom is 0.258 e. The molecule has 0 saturated heterocycles. The summed E-state index contributed by atoms with van der Waals surface area (Å²) in [6.45, 7) is 4.15. The number of aliphatic hydroxyl groups excluding tert-OH is 1. The lowest BCUT2D eigenvalue weighted by Gasteiger charge is -2.27. The first-order valence-corrected chi connectivity index (χ1v) is 6.64. The van der Waals surface area contributed by atoms with Crippen LogP contribution in [0.5, 0.6) is 0 Å². The Morgan fingerprint density at radius 2 is 2.17 bits per heavy atom. The first kappa shape index (κ1) is 15.1. The van der Waals surface area contributed by atoms with Crippen molar-refractivity contribution in [2.45, 2.75) is 26.3 Å². The molecule has 0 radical (unpaired) electrons. The molecule has 0 aromatic heterocycles. The number of benzene rings is 1. The topological polar surface area (TPSA) is 40.5 Å². The van der Waals surface area contributed by atoms with E-state index in [1.807, 2.05) is 13.8 Å².